The van der Waals surface area contributed by atoms with E-state index in [1.165, 1.54) is 43.8 Å². The second kappa shape index (κ2) is 12.5. The van der Waals surface area contributed by atoms with Crippen LogP contribution in [0.1, 0.15) is 0 Å². The number of para-hydroxylation sites is 2. The second-order valence-electron chi connectivity index (χ2n) is 13.4. The van der Waals surface area contributed by atoms with Crippen molar-refractivity contribution in [1.82, 2.24) is 0 Å². The molecule has 0 saturated carbocycles. The lowest BCUT2D eigenvalue weighted by Crippen LogP contribution is -2.09. The molecule has 244 valence electrons. The molecular weight excluding hydrogens is 631 g/mol. The fourth-order valence-corrected chi connectivity index (χ4v) is 7.55. The molecule has 10 aromatic rings. The highest BCUT2D eigenvalue weighted by molar-refractivity contribution is 6.06. The molecule has 0 aliphatic carbocycles. The Morgan fingerprint density at radius 1 is 0.269 bits per heavy atom. The van der Waals surface area contributed by atoms with Gasteiger partial charge in [0.1, 0.15) is 11.2 Å². The SMILES string of the molecule is c1ccc(N(c2cccc(-c3ccc4c(c3)oc3ccccc34)c2)c2ccc3cc(-c4cccc(-c5ccc6ccccc6c5)c4)ccc3c2)cc1. The monoisotopic (exact) mass is 663 g/mol. The molecule has 0 radical (unpaired) electrons. The lowest BCUT2D eigenvalue weighted by molar-refractivity contribution is 0.669. The van der Waals surface area contributed by atoms with E-state index in [4.69, 9.17) is 4.42 Å². The van der Waals surface area contributed by atoms with Gasteiger partial charge in [0.2, 0.25) is 0 Å². The van der Waals surface area contributed by atoms with E-state index in [9.17, 15) is 0 Å². The quantitative estimate of drug-likeness (QED) is 0.176. The van der Waals surface area contributed by atoms with Crippen LogP contribution in [0.15, 0.2) is 205 Å². The second-order valence-corrected chi connectivity index (χ2v) is 13.4. The normalized spacial score (nSPS) is 11.5. The molecule has 1 heterocycles. The molecule has 9 aromatic carbocycles. The van der Waals surface area contributed by atoms with Gasteiger partial charge in [0.25, 0.3) is 0 Å². The van der Waals surface area contributed by atoms with Crippen LogP contribution in [0.5, 0.6) is 0 Å². The molecule has 0 aliphatic rings. The van der Waals surface area contributed by atoms with Crippen LogP contribution in [0, 0.1) is 0 Å². The first-order valence-electron chi connectivity index (χ1n) is 17.7. The summed E-state index contributed by atoms with van der Waals surface area (Å²) in [5, 5.41) is 7.20. The van der Waals surface area contributed by atoms with Crippen LogP contribution >= 0.6 is 0 Å². The summed E-state index contributed by atoms with van der Waals surface area (Å²) >= 11 is 0. The van der Waals surface area contributed by atoms with Crippen molar-refractivity contribution < 1.29 is 4.42 Å². The lowest BCUT2D eigenvalue weighted by atomic mass is 9.96. The third-order valence-corrected chi connectivity index (χ3v) is 10.2. The van der Waals surface area contributed by atoms with Crippen molar-refractivity contribution in [3.63, 3.8) is 0 Å². The molecule has 0 saturated heterocycles. The Labute approximate surface area is 302 Å². The van der Waals surface area contributed by atoms with Gasteiger partial charge in [-0.1, -0.05) is 127 Å². The third kappa shape index (κ3) is 5.39. The molecule has 0 fully saturated rings. The van der Waals surface area contributed by atoms with Crippen LogP contribution in [0.2, 0.25) is 0 Å². The molecule has 10 rings (SSSR count). The largest absolute Gasteiger partial charge is 0.456 e. The number of anilines is 3. The standard InChI is InChI=1S/C50H33NO/c1-2-15-44(16-3-1)51(45-17-9-14-38(31-45)43-25-27-48-47-18-6-7-19-49(47)52-50(48)33-43)46-26-24-41-30-40(22-23-42(41)32-46)37-13-8-12-36(29-37)39-21-20-34-10-4-5-11-35(34)28-39/h1-33H. The Morgan fingerprint density at radius 3 is 1.62 bits per heavy atom. The van der Waals surface area contributed by atoms with Crippen molar-refractivity contribution in [2.24, 2.45) is 0 Å². The Balaban J connectivity index is 1.01. The molecular formula is C50H33NO. The van der Waals surface area contributed by atoms with Gasteiger partial charge in [-0.3, -0.25) is 0 Å². The maximum atomic E-state index is 6.24. The van der Waals surface area contributed by atoms with Crippen LogP contribution in [0.3, 0.4) is 0 Å². The third-order valence-electron chi connectivity index (χ3n) is 10.2. The van der Waals surface area contributed by atoms with E-state index in [0.29, 0.717) is 0 Å². The van der Waals surface area contributed by atoms with Crippen LogP contribution in [-0.2, 0) is 0 Å². The zero-order valence-electron chi connectivity index (χ0n) is 28.4. The number of fused-ring (bicyclic) bond motifs is 5. The molecule has 1 aromatic heterocycles. The van der Waals surface area contributed by atoms with Gasteiger partial charge in [0, 0.05) is 27.8 Å². The van der Waals surface area contributed by atoms with Crippen molar-refractivity contribution >= 4 is 60.5 Å². The van der Waals surface area contributed by atoms with E-state index < -0.39 is 0 Å². The van der Waals surface area contributed by atoms with Gasteiger partial charge in [0.15, 0.2) is 0 Å². The minimum absolute atomic E-state index is 0.901. The van der Waals surface area contributed by atoms with E-state index in [0.717, 1.165) is 50.1 Å². The summed E-state index contributed by atoms with van der Waals surface area (Å²) in [5.41, 5.74) is 12.2. The molecule has 0 spiro atoms. The fraction of sp³-hybridized carbons (Fsp3) is 0. The Bertz CT molecular complexity index is 2920. The van der Waals surface area contributed by atoms with Crippen molar-refractivity contribution in [3.8, 4) is 33.4 Å². The minimum atomic E-state index is 0.901. The number of hydrogen-bond donors (Lipinski definition) is 0. The first-order valence-corrected chi connectivity index (χ1v) is 17.7. The van der Waals surface area contributed by atoms with Gasteiger partial charge in [-0.2, -0.15) is 0 Å². The molecule has 0 unspecified atom stereocenters. The molecule has 0 atom stereocenters. The predicted molar refractivity (Wildman–Crippen MR) is 220 cm³/mol. The highest BCUT2D eigenvalue weighted by Gasteiger charge is 2.15. The Kier molecular flexibility index (Phi) is 7.18. The van der Waals surface area contributed by atoms with Crippen molar-refractivity contribution in [2.75, 3.05) is 4.90 Å². The Morgan fingerprint density at radius 2 is 0.788 bits per heavy atom. The van der Waals surface area contributed by atoms with Gasteiger partial charge in [-0.25, -0.2) is 0 Å². The summed E-state index contributed by atoms with van der Waals surface area (Å²) in [4.78, 5) is 2.34. The molecule has 0 aliphatic heterocycles. The van der Waals surface area contributed by atoms with Gasteiger partial charge in [0.05, 0.1) is 0 Å². The topological polar surface area (TPSA) is 16.4 Å². The van der Waals surface area contributed by atoms with E-state index in [1.54, 1.807) is 0 Å². The summed E-state index contributed by atoms with van der Waals surface area (Å²) in [7, 11) is 0. The van der Waals surface area contributed by atoms with Crippen LogP contribution < -0.4 is 4.90 Å². The van der Waals surface area contributed by atoms with E-state index in [1.807, 2.05) is 12.1 Å². The van der Waals surface area contributed by atoms with Crippen LogP contribution in [-0.4, -0.2) is 0 Å². The highest BCUT2D eigenvalue weighted by atomic mass is 16.3. The lowest BCUT2D eigenvalue weighted by Gasteiger charge is -2.26. The summed E-state index contributed by atoms with van der Waals surface area (Å²) in [6.45, 7) is 0. The van der Waals surface area contributed by atoms with Gasteiger partial charge >= 0.3 is 0 Å². The fourth-order valence-electron chi connectivity index (χ4n) is 7.55. The molecule has 0 N–H and O–H groups in total. The number of nitrogens with zero attached hydrogens (tertiary/aromatic N) is 1. The van der Waals surface area contributed by atoms with Gasteiger partial charge < -0.3 is 9.32 Å². The zero-order valence-corrected chi connectivity index (χ0v) is 28.4. The smallest absolute Gasteiger partial charge is 0.136 e. The van der Waals surface area contributed by atoms with E-state index >= 15 is 0 Å². The molecule has 2 heteroatoms. The summed E-state index contributed by atoms with van der Waals surface area (Å²) in [6, 6.07) is 71.8. The summed E-state index contributed by atoms with van der Waals surface area (Å²) in [5.74, 6) is 0. The van der Waals surface area contributed by atoms with Crippen molar-refractivity contribution in [3.05, 3.63) is 200 Å². The number of rotatable bonds is 6. The first kappa shape index (κ1) is 30.0. The van der Waals surface area contributed by atoms with E-state index in [-0.39, 0.29) is 0 Å². The maximum Gasteiger partial charge on any atom is 0.136 e. The summed E-state index contributed by atoms with van der Waals surface area (Å²) in [6.07, 6.45) is 0. The molecule has 2 nitrogen and oxygen atoms in total. The van der Waals surface area contributed by atoms with Gasteiger partial charge in [-0.15, -0.1) is 0 Å². The summed E-state index contributed by atoms with van der Waals surface area (Å²) < 4.78 is 6.24. The van der Waals surface area contributed by atoms with Gasteiger partial charge in [-0.05, 0) is 128 Å². The predicted octanol–water partition coefficient (Wildman–Crippen LogP) is 14.4. The molecule has 52 heavy (non-hydrogen) atoms. The number of furan rings is 1. The van der Waals surface area contributed by atoms with Crippen LogP contribution in [0.25, 0.3) is 76.9 Å². The maximum absolute atomic E-state index is 6.24. The molecule has 0 bridgehead atoms. The molecule has 0 amide bonds. The highest BCUT2D eigenvalue weighted by Crippen LogP contribution is 2.39. The van der Waals surface area contributed by atoms with Crippen molar-refractivity contribution in [1.29, 1.82) is 0 Å². The first-order chi connectivity index (χ1) is 25.7. The Hall–Kier alpha value is -6.90. The van der Waals surface area contributed by atoms with Crippen molar-refractivity contribution in [2.45, 2.75) is 0 Å². The average Bonchev–Trinajstić information content (AvgIpc) is 3.59. The average molecular weight is 664 g/mol. The van der Waals surface area contributed by atoms with Crippen LogP contribution in [0.4, 0.5) is 17.1 Å². The number of hydrogen-bond acceptors (Lipinski definition) is 2. The minimum Gasteiger partial charge on any atom is -0.456 e. The van der Waals surface area contributed by atoms with E-state index in [2.05, 4.69) is 193 Å². The zero-order chi connectivity index (χ0) is 34.4. The number of benzene rings is 9.